The third kappa shape index (κ3) is 8.81. The fourth-order valence-corrected chi connectivity index (χ4v) is 2.31. The van der Waals surface area contributed by atoms with Crippen LogP contribution >= 0.6 is 35.7 Å². The zero-order chi connectivity index (χ0) is 16.3. The van der Waals surface area contributed by atoms with Gasteiger partial charge in [-0.05, 0) is 31.2 Å². The largest absolute Gasteiger partial charge is 0.469 e. The first-order valence-corrected chi connectivity index (χ1v) is 9.50. The fraction of sp³-hybridized carbons (Fsp3) is 0.625. The molecule has 6 nitrogen and oxygen atoms in total. The van der Waals surface area contributed by atoms with E-state index in [-0.39, 0.29) is 35.8 Å². The van der Waals surface area contributed by atoms with Crippen LogP contribution in [0.25, 0.3) is 0 Å². The Morgan fingerprint density at radius 2 is 2.04 bits per heavy atom. The third-order valence-electron chi connectivity index (χ3n) is 3.47. The second-order valence-electron chi connectivity index (χ2n) is 5.47. The van der Waals surface area contributed by atoms with Crippen LogP contribution in [0.2, 0.25) is 0 Å². The van der Waals surface area contributed by atoms with Crippen molar-refractivity contribution < 1.29 is 9.21 Å². The van der Waals surface area contributed by atoms with Crippen LogP contribution in [-0.4, -0.2) is 50.1 Å². The van der Waals surface area contributed by atoms with Crippen LogP contribution in [0, 0.1) is 5.92 Å². The SMILES string of the molecule is CSCCN=C(NCCNC(=O)C1CC1)NCCc1ccco1.I. The van der Waals surface area contributed by atoms with Gasteiger partial charge in [-0.1, -0.05) is 0 Å². The maximum absolute atomic E-state index is 11.6. The number of thioether (sulfide) groups is 1. The van der Waals surface area contributed by atoms with Crippen LogP contribution in [-0.2, 0) is 11.2 Å². The number of amides is 1. The number of furan rings is 1. The quantitative estimate of drug-likeness (QED) is 0.212. The van der Waals surface area contributed by atoms with Crippen molar-refractivity contribution in [3.05, 3.63) is 24.2 Å². The number of carbonyl (C=O) groups is 1. The highest BCUT2D eigenvalue weighted by Gasteiger charge is 2.28. The van der Waals surface area contributed by atoms with Crippen LogP contribution in [0.4, 0.5) is 0 Å². The molecule has 0 saturated heterocycles. The normalized spacial score (nSPS) is 14.0. The van der Waals surface area contributed by atoms with Crippen LogP contribution in [0.1, 0.15) is 18.6 Å². The van der Waals surface area contributed by atoms with E-state index in [0.717, 1.165) is 49.8 Å². The van der Waals surface area contributed by atoms with Gasteiger partial charge in [0.25, 0.3) is 0 Å². The lowest BCUT2D eigenvalue weighted by Crippen LogP contribution is -2.42. The summed E-state index contributed by atoms with van der Waals surface area (Å²) in [7, 11) is 0. The Balaban J connectivity index is 0.00000288. The van der Waals surface area contributed by atoms with Gasteiger partial charge in [0.15, 0.2) is 5.96 Å². The molecule has 1 aliphatic rings. The smallest absolute Gasteiger partial charge is 0.223 e. The van der Waals surface area contributed by atoms with E-state index in [2.05, 4.69) is 27.2 Å². The Morgan fingerprint density at radius 3 is 2.71 bits per heavy atom. The Bertz CT molecular complexity index is 492. The predicted octanol–water partition coefficient (Wildman–Crippen LogP) is 1.86. The number of rotatable bonds is 10. The summed E-state index contributed by atoms with van der Waals surface area (Å²) in [6.45, 7) is 2.82. The molecule has 0 radical (unpaired) electrons. The highest BCUT2D eigenvalue weighted by atomic mass is 127. The van der Waals surface area contributed by atoms with Crippen molar-refractivity contribution in [2.75, 3.05) is 38.2 Å². The first-order valence-electron chi connectivity index (χ1n) is 8.11. The van der Waals surface area contributed by atoms with E-state index in [4.69, 9.17) is 4.42 Å². The molecule has 2 rings (SSSR count). The Morgan fingerprint density at radius 1 is 1.29 bits per heavy atom. The lowest BCUT2D eigenvalue weighted by Gasteiger charge is -2.12. The van der Waals surface area contributed by atoms with Gasteiger partial charge in [0.2, 0.25) is 5.91 Å². The summed E-state index contributed by atoms with van der Waals surface area (Å²) in [6, 6.07) is 3.86. The van der Waals surface area contributed by atoms with E-state index in [0.29, 0.717) is 13.1 Å². The van der Waals surface area contributed by atoms with Crippen molar-refractivity contribution in [3.63, 3.8) is 0 Å². The summed E-state index contributed by atoms with van der Waals surface area (Å²) < 4.78 is 5.32. The molecule has 0 unspecified atom stereocenters. The maximum atomic E-state index is 11.6. The average molecular weight is 466 g/mol. The second kappa shape index (κ2) is 12.5. The number of hydrogen-bond acceptors (Lipinski definition) is 4. The van der Waals surface area contributed by atoms with Crippen molar-refractivity contribution in [2.24, 2.45) is 10.9 Å². The van der Waals surface area contributed by atoms with Crippen LogP contribution in [0.15, 0.2) is 27.8 Å². The predicted molar refractivity (Wildman–Crippen MR) is 110 cm³/mol. The number of nitrogens with one attached hydrogen (secondary N) is 3. The van der Waals surface area contributed by atoms with Gasteiger partial charge in [-0.2, -0.15) is 11.8 Å². The number of carbonyl (C=O) groups excluding carboxylic acids is 1. The molecule has 1 saturated carbocycles. The molecule has 1 amide bonds. The summed E-state index contributed by atoms with van der Waals surface area (Å²) in [5.41, 5.74) is 0. The van der Waals surface area contributed by atoms with E-state index in [1.165, 1.54) is 0 Å². The molecule has 136 valence electrons. The van der Waals surface area contributed by atoms with E-state index >= 15 is 0 Å². The molecular formula is C16H27IN4O2S. The standard InChI is InChI=1S/C16H26N4O2S.HI/c1-23-12-10-20-16(18-7-6-14-3-2-11-22-14)19-9-8-17-15(21)13-4-5-13;/h2-3,11,13H,4-10,12H2,1H3,(H,17,21)(H2,18,19,20);1H. The highest BCUT2D eigenvalue weighted by Crippen LogP contribution is 2.28. The van der Waals surface area contributed by atoms with Gasteiger partial charge in [0, 0.05) is 37.7 Å². The number of aliphatic imine (C=N–C) groups is 1. The second-order valence-corrected chi connectivity index (χ2v) is 6.46. The molecule has 0 atom stereocenters. The third-order valence-corrected chi connectivity index (χ3v) is 4.06. The molecule has 1 aromatic rings. The molecule has 1 aromatic heterocycles. The van der Waals surface area contributed by atoms with Crippen molar-refractivity contribution in [1.29, 1.82) is 0 Å². The van der Waals surface area contributed by atoms with E-state index in [9.17, 15) is 4.79 Å². The summed E-state index contributed by atoms with van der Waals surface area (Å²) in [5.74, 6) is 3.17. The van der Waals surface area contributed by atoms with Crippen molar-refractivity contribution in [1.82, 2.24) is 16.0 Å². The molecule has 3 N–H and O–H groups in total. The molecule has 1 fully saturated rings. The lowest BCUT2D eigenvalue weighted by molar-refractivity contribution is -0.122. The van der Waals surface area contributed by atoms with Crippen molar-refractivity contribution in [3.8, 4) is 0 Å². The minimum absolute atomic E-state index is 0. The maximum Gasteiger partial charge on any atom is 0.223 e. The van der Waals surface area contributed by atoms with E-state index in [1.807, 2.05) is 12.1 Å². The molecule has 24 heavy (non-hydrogen) atoms. The summed E-state index contributed by atoms with van der Waals surface area (Å²) in [6.07, 6.45) is 6.64. The van der Waals surface area contributed by atoms with Gasteiger partial charge in [-0.15, -0.1) is 24.0 Å². The van der Waals surface area contributed by atoms with Gasteiger partial charge in [0.05, 0.1) is 12.8 Å². The number of guanidine groups is 1. The van der Waals surface area contributed by atoms with Gasteiger partial charge in [0.1, 0.15) is 5.76 Å². The molecule has 0 aromatic carbocycles. The van der Waals surface area contributed by atoms with Crippen LogP contribution < -0.4 is 16.0 Å². The summed E-state index contributed by atoms with van der Waals surface area (Å²) >= 11 is 1.77. The number of halogens is 1. The summed E-state index contributed by atoms with van der Waals surface area (Å²) in [4.78, 5) is 16.1. The van der Waals surface area contributed by atoms with Crippen LogP contribution in [0.5, 0.6) is 0 Å². The minimum atomic E-state index is 0. The zero-order valence-electron chi connectivity index (χ0n) is 14.0. The van der Waals surface area contributed by atoms with E-state index < -0.39 is 0 Å². The van der Waals surface area contributed by atoms with Gasteiger partial charge in [-0.25, -0.2) is 0 Å². The first kappa shape index (κ1) is 21.1. The van der Waals surface area contributed by atoms with Gasteiger partial charge < -0.3 is 20.4 Å². The number of nitrogens with zero attached hydrogens (tertiary/aromatic N) is 1. The minimum Gasteiger partial charge on any atom is -0.469 e. The monoisotopic (exact) mass is 466 g/mol. The molecular weight excluding hydrogens is 439 g/mol. The Kier molecular flexibility index (Phi) is 11.0. The van der Waals surface area contributed by atoms with Crippen molar-refractivity contribution in [2.45, 2.75) is 19.3 Å². The Hall–Kier alpha value is -0.900. The molecule has 0 spiro atoms. The van der Waals surface area contributed by atoms with Crippen LogP contribution in [0.3, 0.4) is 0 Å². The zero-order valence-corrected chi connectivity index (χ0v) is 17.2. The summed E-state index contributed by atoms with van der Waals surface area (Å²) in [5, 5.41) is 9.50. The van der Waals surface area contributed by atoms with Gasteiger partial charge in [-0.3, -0.25) is 9.79 Å². The topological polar surface area (TPSA) is 78.7 Å². The van der Waals surface area contributed by atoms with E-state index in [1.54, 1.807) is 18.0 Å². The Labute approximate surface area is 165 Å². The molecule has 0 bridgehead atoms. The molecule has 1 heterocycles. The first-order chi connectivity index (χ1) is 11.3. The number of hydrogen-bond donors (Lipinski definition) is 3. The highest BCUT2D eigenvalue weighted by molar-refractivity contribution is 14.0. The average Bonchev–Trinajstić information content (AvgIpc) is 3.28. The molecule has 8 heteroatoms. The molecule has 1 aliphatic carbocycles. The van der Waals surface area contributed by atoms with Gasteiger partial charge >= 0.3 is 0 Å². The lowest BCUT2D eigenvalue weighted by atomic mass is 10.3. The molecule has 0 aliphatic heterocycles. The fourth-order valence-electron chi connectivity index (χ4n) is 2.04. The van der Waals surface area contributed by atoms with Crippen molar-refractivity contribution >= 4 is 47.6 Å².